The van der Waals surface area contributed by atoms with Crippen LogP contribution in [0.1, 0.15) is 25.5 Å². The Bertz CT molecular complexity index is 488. The molecule has 2 aromatic rings. The van der Waals surface area contributed by atoms with E-state index in [4.69, 9.17) is 0 Å². The van der Waals surface area contributed by atoms with Crippen LogP contribution in [0.25, 0.3) is 11.1 Å². The van der Waals surface area contributed by atoms with Gasteiger partial charge in [-0.15, -0.1) is 0 Å². The summed E-state index contributed by atoms with van der Waals surface area (Å²) in [5.41, 5.74) is 3.64. The van der Waals surface area contributed by atoms with Gasteiger partial charge in [0.05, 0.1) is 0 Å². The van der Waals surface area contributed by atoms with Crippen LogP contribution in [0, 0.1) is 3.70 Å². The number of nitrogens with zero attached hydrogens (tertiary/aromatic N) is 1. The van der Waals surface area contributed by atoms with E-state index < -0.39 is 0 Å². The third-order valence-corrected chi connectivity index (χ3v) is 3.77. The molecule has 0 aliphatic carbocycles. The van der Waals surface area contributed by atoms with E-state index in [1.165, 1.54) is 16.8 Å². The van der Waals surface area contributed by atoms with E-state index in [2.05, 4.69) is 86.8 Å². The highest BCUT2D eigenvalue weighted by Crippen LogP contribution is 2.32. The van der Waals surface area contributed by atoms with Crippen molar-refractivity contribution in [1.82, 2.24) is 10.2 Å². The van der Waals surface area contributed by atoms with Gasteiger partial charge in [0.1, 0.15) is 3.70 Å². The highest BCUT2D eigenvalue weighted by Gasteiger charge is 2.15. The van der Waals surface area contributed by atoms with Crippen molar-refractivity contribution in [1.29, 1.82) is 0 Å². The number of rotatable bonds is 2. The molecule has 0 atom stereocenters. The van der Waals surface area contributed by atoms with Crippen molar-refractivity contribution in [2.24, 2.45) is 0 Å². The van der Waals surface area contributed by atoms with Gasteiger partial charge in [0, 0.05) is 15.7 Å². The van der Waals surface area contributed by atoms with Crippen LogP contribution in [-0.2, 0) is 0 Å². The van der Waals surface area contributed by atoms with Crippen molar-refractivity contribution in [2.75, 3.05) is 0 Å². The largest absolute Gasteiger partial charge is 0.281 e. The number of aromatic nitrogens is 2. The Kier molecular flexibility index (Phi) is 3.69. The predicted octanol–water partition coefficient (Wildman–Crippen LogP) is 4.57. The van der Waals surface area contributed by atoms with Gasteiger partial charge in [-0.3, -0.25) is 5.10 Å². The van der Waals surface area contributed by atoms with Gasteiger partial charge >= 0.3 is 0 Å². The van der Waals surface area contributed by atoms with Gasteiger partial charge in [-0.25, -0.2) is 0 Å². The molecule has 16 heavy (non-hydrogen) atoms. The monoisotopic (exact) mass is 390 g/mol. The minimum absolute atomic E-state index is 0.453. The molecule has 2 rings (SSSR count). The molecule has 0 saturated heterocycles. The summed E-state index contributed by atoms with van der Waals surface area (Å²) in [4.78, 5) is 0. The van der Waals surface area contributed by atoms with Crippen molar-refractivity contribution >= 4 is 38.5 Å². The Morgan fingerprint density at radius 1 is 1.25 bits per heavy atom. The van der Waals surface area contributed by atoms with Crippen LogP contribution in [0.4, 0.5) is 0 Å². The van der Waals surface area contributed by atoms with E-state index in [9.17, 15) is 0 Å². The standard InChI is InChI=1S/C12H12BrIN2/c1-7(2)11-10(12(14)16-15-11)8-3-5-9(13)6-4-8/h3-7H,1-2H3,(H,15,16). The molecule has 0 spiro atoms. The Labute approximate surface area is 117 Å². The molecule has 0 aliphatic heterocycles. The highest BCUT2D eigenvalue weighted by molar-refractivity contribution is 14.1. The first-order chi connectivity index (χ1) is 7.59. The number of halogens is 2. The normalized spacial score (nSPS) is 11.1. The second-order valence-corrected chi connectivity index (χ2v) is 5.90. The molecular weight excluding hydrogens is 379 g/mol. The smallest absolute Gasteiger partial charge is 0.131 e. The molecule has 1 aromatic carbocycles. The molecule has 0 aliphatic rings. The second kappa shape index (κ2) is 4.87. The van der Waals surface area contributed by atoms with Crippen LogP contribution in [0.15, 0.2) is 28.7 Å². The Morgan fingerprint density at radius 2 is 1.88 bits per heavy atom. The summed E-state index contributed by atoms with van der Waals surface area (Å²) in [6.45, 7) is 4.35. The fraction of sp³-hybridized carbons (Fsp3) is 0.250. The fourth-order valence-electron chi connectivity index (χ4n) is 1.64. The number of nitrogens with one attached hydrogen (secondary N) is 1. The maximum Gasteiger partial charge on any atom is 0.131 e. The van der Waals surface area contributed by atoms with Crippen LogP contribution in [0.5, 0.6) is 0 Å². The molecule has 0 bridgehead atoms. The average molecular weight is 391 g/mol. The lowest BCUT2D eigenvalue weighted by atomic mass is 10.0. The van der Waals surface area contributed by atoms with Crippen LogP contribution in [0.2, 0.25) is 0 Å². The first-order valence-electron chi connectivity index (χ1n) is 5.09. The molecule has 1 heterocycles. The SMILES string of the molecule is CC(C)c1[nH]nc(I)c1-c1ccc(Br)cc1. The van der Waals surface area contributed by atoms with Gasteiger partial charge in [-0.05, 0) is 46.2 Å². The van der Waals surface area contributed by atoms with E-state index in [1.807, 2.05) is 0 Å². The van der Waals surface area contributed by atoms with Crippen molar-refractivity contribution in [2.45, 2.75) is 19.8 Å². The van der Waals surface area contributed by atoms with E-state index in [-0.39, 0.29) is 0 Å². The molecule has 1 aromatic heterocycles. The van der Waals surface area contributed by atoms with Gasteiger partial charge in [0.25, 0.3) is 0 Å². The van der Waals surface area contributed by atoms with Crippen molar-refractivity contribution in [3.63, 3.8) is 0 Å². The highest BCUT2D eigenvalue weighted by atomic mass is 127. The molecule has 1 N–H and O–H groups in total. The van der Waals surface area contributed by atoms with Gasteiger partial charge in [0.15, 0.2) is 0 Å². The first-order valence-corrected chi connectivity index (χ1v) is 6.96. The summed E-state index contributed by atoms with van der Waals surface area (Å²) in [6, 6.07) is 8.34. The van der Waals surface area contributed by atoms with E-state index in [0.29, 0.717) is 5.92 Å². The van der Waals surface area contributed by atoms with Crippen LogP contribution in [0.3, 0.4) is 0 Å². The maximum absolute atomic E-state index is 4.29. The number of aromatic amines is 1. The van der Waals surface area contributed by atoms with Gasteiger partial charge in [-0.2, -0.15) is 5.10 Å². The van der Waals surface area contributed by atoms with E-state index in [0.717, 1.165) is 8.17 Å². The van der Waals surface area contributed by atoms with E-state index in [1.54, 1.807) is 0 Å². The summed E-state index contributed by atoms with van der Waals surface area (Å²) >= 11 is 5.72. The molecule has 84 valence electrons. The quantitative estimate of drug-likeness (QED) is 0.747. The second-order valence-electron chi connectivity index (χ2n) is 3.96. The number of hydrogen-bond donors (Lipinski definition) is 1. The zero-order chi connectivity index (χ0) is 11.7. The average Bonchev–Trinajstić information content (AvgIpc) is 2.62. The molecule has 0 radical (unpaired) electrons. The van der Waals surface area contributed by atoms with Crippen molar-refractivity contribution < 1.29 is 0 Å². The third-order valence-electron chi connectivity index (χ3n) is 2.46. The topological polar surface area (TPSA) is 28.7 Å². The molecule has 2 nitrogen and oxygen atoms in total. The fourth-order valence-corrected chi connectivity index (χ4v) is 2.63. The minimum Gasteiger partial charge on any atom is -0.281 e. The van der Waals surface area contributed by atoms with Gasteiger partial charge < -0.3 is 0 Å². The maximum atomic E-state index is 4.29. The summed E-state index contributed by atoms with van der Waals surface area (Å²) in [7, 11) is 0. The Morgan fingerprint density at radius 3 is 2.44 bits per heavy atom. The summed E-state index contributed by atoms with van der Waals surface area (Å²) in [5, 5.41) is 7.40. The lowest BCUT2D eigenvalue weighted by molar-refractivity contribution is 0.811. The molecule has 0 amide bonds. The van der Waals surface area contributed by atoms with Crippen molar-refractivity contribution in [3.8, 4) is 11.1 Å². The zero-order valence-corrected chi connectivity index (χ0v) is 12.8. The Hall–Kier alpha value is -0.360. The van der Waals surface area contributed by atoms with Crippen LogP contribution >= 0.6 is 38.5 Å². The molecule has 0 unspecified atom stereocenters. The lowest BCUT2D eigenvalue weighted by Gasteiger charge is -2.07. The van der Waals surface area contributed by atoms with Gasteiger partial charge in [-0.1, -0.05) is 41.9 Å². The predicted molar refractivity (Wildman–Crippen MR) is 78.5 cm³/mol. The first kappa shape index (κ1) is 12.1. The van der Waals surface area contributed by atoms with E-state index >= 15 is 0 Å². The van der Waals surface area contributed by atoms with Crippen molar-refractivity contribution in [3.05, 3.63) is 38.1 Å². The third kappa shape index (κ3) is 2.32. The molecule has 0 saturated carbocycles. The summed E-state index contributed by atoms with van der Waals surface area (Å²) in [6.07, 6.45) is 0. The summed E-state index contributed by atoms with van der Waals surface area (Å²) in [5.74, 6) is 0.453. The van der Waals surface area contributed by atoms with Gasteiger partial charge in [0.2, 0.25) is 0 Å². The number of H-pyrrole nitrogens is 1. The molecule has 4 heteroatoms. The lowest BCUT2D eigenvalue weighted by Crippen LogP contribution is -1.91. The Balaban J connectivity index is 2.54. The number of benzene rings is 1. The summed E-state index contributed by atoms with van der Waals surface area (Å²) < 4.78 is 2.13. The molecular formula is C12H12BrIN2. The van der Waals surface area contributed by atoms with Crippen LogP contribution in [-0.4, -0.2) is 10.2 Å². The minimum atomic E-state index is 0.453. The van der Waals surface area contributed by atoms with Crippen LogP contribution < -0.4 is 0 Å². The zero-order valence-electron chi connectivity index (χ0n) is 9.09. The number of hydrogen-bond acceptors (Lipinski definition) is 1. The molecule has 0 fully saturated rings.